The van der Waals surface area contributed by atoms with Gasteiger partial charge >= 0.3 is 0 Å². The third kappa shape index (κ3) is 4.39. The van der Waals surface area contributed by atoms with Crippen LogP contribution in [0.2, 0.25) is 0 Å². The van der Waals surface area contributed by atoms with Crippen LogP contribution >= 0.6 is 0 Å². The van der Waals surface area contributed by atoms with Gasteiger partial charge in [0.1, 0.15) is 5.78 Å². The number of aryl methyl sites for hydroxylation is 1. The average Bonchev–Trinajstić information content (AvgIpc) is 2.50. The van der Waals surface area contributed by atoms with Crippen LogP contribution in [0.25, 0.3) is 0 Å². The first-order chi connectivity index (χ1) is 7.08. The molecule has 0 atom stereocenters. The minimum atomic E-state index is -0.224. The lowest BCUT2D eigenvalue weighted by atomic mass is 10.3. The number of aromatic nitrogens is 2. The minimum absolute atomic E-state index is 0.0395. The first-order valence-electron chi connectivity index (χ1n) is 4.82. The molecule has 0 bridgehead atoms. The first kappa shape index (κ1) is 11.4. The number of nitrogens with zero attached hydrogens (tertiary/aromatic N) is 2. The molecule has 1 heterocycles. The van der Waals surface area contributed by atoms with E-state index < -0.39 is 0 Å². The highest BCUT2D eigenvalue weighted by molar-refractivity contribution is 5.96. The normalized spacial score (nSPS) is 10.0. The van der Waals surface area contributed by atoms with Crippen LogP contribution in [-0.4, -0.2) is 28.0 Å². The lowest BCUT2D eigenvalue weighted by molar-refractivity contribution is -0.127. The van der Waals surface area contributed by atoms with Gasteiger partial charge < -0.3 is 5.32 Å². The van der Waals surface area contributed by atoms with Gasteiger partial charge in [0.2, 0.25) is 5.91 Å². The number of ketones is 1. The van der Waals surface area contributed by atoms with Crippen molar-refractivity contribution in [3.05, 3.63) is 18.0 Å². The second kappa shape index (κ2) is 5.29. The lowest BCUT2D eigenvalue weighted by Gasteiger charge is -2.01. The predicted octanol–water partition coefficient (Wildman–Crippen LogP) is 0.0579. The Morgan fingerprint density at radius 3 is 2.80 bits per heavy atom. The summed E-state index contributed by atoms with van der Waals surface area (Å²) in [6.07, 6.45) is 2.50. The van der Waals surface area contributed by atoms with Crippen LogP contribution in [0.4, 0.5) is 0 Å². The van der Waals surface area contributed by atoms with Crippen molar-refractivity contribution >= 4 is 11.7 Å². The van der Waals surface area contributed by atoms with E-state index in [0.717, 1.165) is 5.69 Å². The van der Waals surface area contributed by atoms with Crippen LogP contribution in [0, 0.1) is 0 Å². The van der Waals surface area contributed by atoms with Crippen LogP contribution in [0.5, 0.6) is 0 Å². The molecule has 15 heavy (non-hydrogen) atoms. The topological polar surface area (TPSA) is 64.0 Å². The van der Waals surface area contributed by atoms with Crippen molar-refractivity contribution < 1.29 is 9.59 Å². The SMILES string of the molecule is CC(=O)CC(=O)NCCc1ccn(C)n1. The zero-order valence-corrected chi connectivity index (χ0v) is 8.99. The fourth-order valence-corrected chi connectivity index (χ4v) is 1.22. The molecule has 1 rings (SSSR count). The molecule has 1 N–H and O–H groups in total. The Labute approximate surface area is 88.5 Å². The molecule has 0 fully saturated rings. The number of Topliss-reactive ketones (excluding diaryl/α,β-unsaturated/α-hetero) is 1. The van der Waals surface area contributed by atoms with Crippen molar-refractivity contribution in [1.29, 1.82) is 0 Å². The summed E-state index contributed by atoms with van der Waals surface area (Å²) in [7, 11) is 1.85. The monoisotopic (exact) mass is 209 g/mol. The molecule has 0 spiro atoms. The maximum Gasteiger partial charge on any atom is 0.227 e. The van der Waals surface area contributed by atoms with Gasteiger partial charge in [-0.2, -0.15) is 5.10 Å². The third-order valence-corrected chi connectivity index (χ3v) is 1.88. The van der Waals surface area contributed by atoms with Gasteiger partial charge in [0.05, 0.1) is 12.1 Å². The second-order valence-electron chi connectivity index (χ2n) is 3.46. The van der Waals surface area contributed by atoms with Gasteiger partial charge in [0.25, 0.3) is 0 Å². The lowest BCUT2D eigenvalue weighted by Crippen LogP contribution is -2.27. The summed E-state index contributed by atoms with van der Waals surface area (Å²) in [4.78, 5) is 21.7. The van der Waals surface area contributed by atoms with Gasteiger partial charge in [-0.25, -0.2) is 0 Å². The Hall–Kier alpha value is -1.65. The van der Waals surface area contributed by atoms with E-state index in [1.165, 1.54) is 6.92 Å². The van der Waals surface area contributed by atoms with Crippen molar-refractivity contribution in [3.8, 4) is 0 Å². The maximum atomic E-state index is 11.1. The number of rotatable bonds is 5. The zero-order chi connectivity index (χ0) is 11.3. The number of hydrogen-bond acceptors (Lipinski definition) is 3. The van der Waals surface area contributed by atoms with E-state index >= 15 is 0 Å². The van der Waals surface area contributed by atoms with Gasteiger partial charge in [-0.1, -0.05) is 0 Å². The van der Waals surface area contributed by atoms with Crippen molar-refractivity contribution in [2.75, 3.05) is 6.54 Å². The molecule has 0 aromatic carbocycles. The van der Waals surface area contributed by atoms with Crippen molar-refractivity contribution in [2.24, 2.45) is 7.05 Å². The van der Waals surface area contributed by atoms with Crippen molar-refractivity contribution in [1.82, 2.24) is 15.1 Å². The second-order valence-corrected chi connectivity index (χ2v) is 3.46. The molecule has 0 aliphatic carbocycles. The summed E-state index contributed by atoms with van der Waals surface area (Å²) >= 11 is 0. The summed E-state index contributed by atoms with van der Waals surface area (Å²) in [6.45, 7) is 1.92. The van der Waals surface area contributed by atoms with E-state index in [0.29, 0.717) is 13.0 Å². The molecule has 82 valence electrons. The Morgan fingerprint density at radius 2 is 2.27 bits per heavy atom. The summed E-state index contributed by atoms with van der Waals surface area (Å²) in [6, 6.07) is 1.90. The standard InChI is InChI=1S/C10H15N3O2/c1-8(14)7-10(15)11-5-3-9-4-6-13(2)12-9/h4,6H,3,5,7H2,1-2H3,(H,11,15). The first-order valence-corrected chi connectivity index (χ1v) is 4.82. The number of carbonyl (C=O) groups is 2. The number of amides is 1. The Morgan fingerprint density at radius 1 is 1.53 bits per heavy atom. The molecule has 1 amide bonds. The van der Waals surface area contributed by atoms with E-state index in [1.807, 2.05) is 19.3 Å². The summed E-state index contributed by atoms with van der Waals surface area (Å²) < 4.78 is 1.72. The fourth-order valence-electron chi connectivity index (χ4n) is 1.22. The molecule has 0 aliphatic rings. The zero-order valence-electron chi connectivity index (χ0n) is 8.99. The molecule has 1 aromatic rings. The molecule has 1 aromatic heterocycles. The van der Waals surface area contributed by atoms with Crippen LogP contribution in [0.15, 0.2) is 12.3 Å². The van der Waals surface area contributed by atoms with E-state index in [4.69, 9.17) is 0 Å². The van der Waals surface area contributed by atoms with Crippen LogP contribution in [-0.2, 0) is 23.1 Å². The van der Waals surface area contributed by atoms with E-state index in [1.54, 1.807) is 4.68 Å². The largest absolute Gasteiger partial charge is 0.355 e. The average molecular weight is 209 g/mol. The molecule has 0 saturated heterocycles. The fraction of sp³-hybridized carbons (Fsp3) is 0.500. The van der Waals surface area contributed by atoms with Gasteiger partial charge in [0.15, 0.2) is 0 Å². The van der Waals surface area contributed by atoms with Gasteiger partial charge in [-0.3, -0.25) is 14.3 Å². The molecule has 0 saturated carbocycles. The van der Waals surface area contributed by atoms with E-state index in [9.17, 15) is 9.59 Å². The highest BCUT2D eigenvalue weighted by Gasteiger charge is 2.04. The Balaban J connectivity index is 2.22. The van der Waals surface area contributed by atoms with Crippen molar-refractivity contribution in [3.63, 3.8) is 0 Å². The number of hydrogen-bond donors (Lipinski definition) is 1. The molecule has 5 nitrogen and oxygen atoms in total. The van der Waals surface area contributed by atoms with E-state index in [-0.39, 0.29) is 18.1 Å². The third-order valence-electron chi connectivity index (χ3n) is 1.88. The van der Waals surface area contributed by atoms with Gasteiger partial charge in [-0.05, 0) is 13.0 Å². The van der Waals surface area contributed by atoms with Crippen LogP contribution in [0.1, 0.15) is 19.0 Å². The predicted molar refractivity (Wildman–Crippen MR) is 55.2 cm³/mol. The maximum absolute atomic E-state index is 11.1. The van der Waals surface area contributed by atoms with E-state index in [2.05, 4.69) is 10.4 Å². The van der Waals surface area contributed by atoms with Crippen LogP contribution < -0.4 is 5.32 Å². The number of carbonyl (C=O) groups excluding carboxylic acids is 2. The van der Waals surface area contributed by atoms with Crippen molar-refractivity contribution in [2.45, 2.75) is 19.8 Å². The Kier molecular flexibility index (Phi) is 4.03. The molecular formula is C10H15N3O2. The molecule has 0 aliphatic heterocycles. The molecule has 5 heteroatoms. The highest BCUT2D eigenvalue weighted by atomic mass is 16.2. The minimum Gasteiger partial charge on any atom is -0.355 e. The summed E-state index contributed by atoms with van der Waals surface area (Å²) in [5, 5.41) is 6.83. The quantitative estimate of drug-likeness (QED) is 0.697. The Bertz CT molecular complexity index is 357. The van der Waals surface area contributed by atoms with Crippen LogP contribution in [0.3, 0.4) is 0 Å². The molecule has 0 unspecified atom stereocenters. The smallest absolute Gasteiger partial charge is 0.227 e. The highest BCUT2D eigenvalue weighted by Crippen LogP contribution is 1.94. The molecule has 0 radical (unpaired) electrons. The number of nitrogens with one attached hydrogen (secondary N) is 1. The summed E-state index contributed by atoms with van der Waals surface area (Å²) in [5.74, 6) is -0.344. The summed E-state index contributed by atoms with van der Waals surface area (Å²) in [5.41, 5.74) is 0.931. The van der Waals surface area contributed by atoms with Gasteiger partial charge in [0, 0.05) is 26.2 Å². The van der Waals surface area contributed by atoms with Gasteiger partial charge in [-0.15, -0.1) is 0 Å². The molecular weight excluding hydrogens is 194 g/mol.